The van der Waals surface area contributed by atoms with Gasteiger partial charge in [-0.1, -0.05) is 24.3 Å². The van der Waals surface area contributed by atoms with Crippen LogP contribution >= 0.6 is 0 Å². The zero-order valence-corrected chi connectivity index (χ0v) is 40.4. The fraction of sp³-hybridized carbons (Fsp3) is 0.217. The maximum absolute atomic E-state index is 13.7. The third-order valence-corrected chi connectivity index (χ3v) is 14.1. The van der Waals surface area contributed by atoms with Crippen molar-refractivity contribution in [2.24, 2.45) is 20.5 Å². The minimum Gasteiger partial charge on any atom is -0.395 e. The number of nitrogens with one attached hydrogen (secondary N) is 4. The number of aliphatic hydroxyl groups excluding tert-OH is 2. The van der Waals surface area contributed by atoms with Crippen LogP contribution in [0.4, 0.5) is 46.0 Å². The van der Waals surface area contributed by atoms with E-state index in [1.54, 1.807) is 38.1 Å². The summed E-state index contributed by atoms with van der Waals surface area (Å²) in [6, 6.07) is 26.9. The molecule has 6 rings (SSSR count). The van der Waals surface area contributed by atoms with Crippen LogP contribution in [0.5, 0.6) is 0 Å². The molecule has 0 amide bonds. The van der Waals surface area contributed by atoms with Crippen molar-refractivity contribution in [2.45, 2.75) is 46.3 Å². The van der Waals surface area contributed by atoms with E-state index in [2.05, 4.69) is 63.8 Å². The number of hydrogen-bond acceptors (Lipinski definition) is 20. The van der Waals surface area contributed by atoms with E-state index in [0.717, 1.165) is 11.1 Å². The number of azo groups is 2. The molecule has 0 aliphatic carbocycles. The summed E-state index contributed by atoms with van der Waals surface area (Å²) in [5.41, 5.74) is 3.64. The molecule has 22 nitrogen and oxygen atoms in total. The van der Waals surface area contributed by atoms with Crippen LogP contribution < -0.4 is 21.3 Å². The number of aliphatic hydroxyl groups is 2. The molecule has 0 atom stereocenters. The van der Waals surface area contributed by atoms with Crippen LogP contribution in [0.25, 0.3) is 0 Å². The first kappa shape index (κ1) is 52.6. The standard InChI is InChI=1S/C46H46N12O10S3/c1-29-39(27-47)43(49-21-19-31-3-11-37(12-4-31)70(63,64)65)53-46(52-24-26-60)42(29)58-56-34-9-17-36(18-10-34)69(61,62)35-15-7-33(8-16-35)55-57-41-30(2)40(28-48)44(51-23-25-59)54-45(41)50-22-20-32-5-13-38(14-6-32)71(66,67)68/h3-18,59-60H,19-26H2,1-2H3,(H2,49,52,53)(H2,50,51,54)(H,63,64,65)(H,66,67,68). The Morgan fingerprint density at radius 2 is 0.803 bits per heavy atom. The van der Waals surface area contributed by atoms with Gasteiger partial charge < -0.3 is 31.5 Å². The summed E-state index contributed by atoms with van der Waals surface area (Å²) in [6.45, 7) is 3.63. The zero-order chi connectivity index (χ0) is 51.3. The molecule has 0 unspecified atom stereocenters. The molecule has 0 spiro atoms. The Morgan fingerprint density at radius 1 is 0.479 bits per heavy atom. The number of sulfone groups is 1. The number of nitrogens with zero attached hydrogens (tertiary/aromatic N) is 8. The molecule has 368 valence electrons. The van der Waals surface area contributed by atoms with Crippen molar-refractivity contribution >= 4 is 76.1 Å². The molecule has 8 N–H and O–H groups in total. The quantitative estimate of drug-likeness (QED) is 0.0248. The summed E-state index contributed by atoms with van der Waals surface area (Å²) < 4.78 is 91.6. The lowest BCUT2D eigenvalue weighted by Gasteiger charge is -2.15. The van der Waals surface area contributed by atoms with E-state index in [-0.39, 0.29) is 110 Å². The SMILES string of the molecule is Cc1c(C#N)c(NCCc2ccc(S(=O)(=O)O)cc2)nc(NCCO)c1N=Nc1ccc(S(=O)(=O)c2ccc(N=Nc3c(NCCc4ccc(S(=O)(=O)O)cc4)nc(NCCO)c(C#N)c3C)cc2)cc1. The summed E-state index contributed by atoms with van der Waals surface area (Å²) in [5.74, 6) is 0.884. The van der Waals surface area contributed by atoms with E-state index in [0.29, 0.717) is 30.5 Å². The van der Waals surface area contributed by atoms with Gasteiger partial charge in [0.25, 0.3) is 20.2 Å². The zero-order valence-electron chi connectivity index (χ0n) is 37.9. The number of aromatic nitrogens is 2. The van der Waals surface area contributed by atoms with E-state index < -0.39 is 30.1 Å². The van der Waals surface area contributed by atoms with Crippen LogP contribution in [0, 0.1) is 36.5 Å². The summed E-state index contributed by atoms with van der Waals surface area (Å²) in [5, 5.41) is 68.5. The maximum Gasteiger partial charge on any atom is 0.294 e. The topological polar surface area (TPSA) is 354 Å². The van der Waals surface area contributed by atoms with Gasteiger partial charge in [-0.05, 0) is 111 Å². The van der Waals surface area contributed by atoms with Gasteiger partial charge in [0, 0.05) is 37.3 Å². The van der Waals surface area contributed by atoms with Gasteiger partial charge in [0.15, 0.2) is 11.6 Å². The van der Waals surface area contributed by atoms with Crippen LogP contribution in [-0.2, 0) is 42.9 Å². The van der Waals surface area contributed by atoms with Crippen molar-refractivity contribution in [1.29, 1.82) is 10.5 Å². The number of nitriles is 2. The van der Waals surface area contributed by atoms with Gasteiger partial charge >= 0.3 is 0 Å². The molecule has 0 aliphatic heterocycles. The van der Waals surface area contributed by atoms with Crippen molar-refractivity contribution in [3.8, 4) is 12.1 Å². The third kappa shape index (κ3) is 13.3. The average molecular weight is 1020 g/mol. The lowest BCUT2D eigenvalue weighted by atomic mass is 10.1. The second-order valence-corrected chi connectivity index (χ2v) is 20.1. The fourth-order valence-corrected chi connectivity index (χ4v) is 9.02. The van der Waals surface area contributed by atoms with Crippen molar-refractivity contribution in [1.82, 2.24) is 9.97 Å². The molecule has 0 saturated carbocycles. The highest BCUT2D eigenvalue weighted by molar-refractivity contribution is 7.91. The molecule has 2 aromatic heterocycles. The van der Waals surface area contributed by atoms with Crippen LogP contribution in [0.2, 0.25) is 0 Å². The van der Waals surface area contributed by atoms with Crippen molar-refractivity contribution < 1.29 is 44.6 Å². The molecule has 0 fully saturated rings. The second-order valence-electron chi connectivity index (χ2n) is 15.3. The summed E-state index contributed by atoms with van der Waals surface area (Å²) >= 11 is 0. The van der Waals surface area contributed by atoms with Gasteiger partial charge in [0.2, 0.25) is 9.84 Å². The molecular weight excluding hydrogens is 977 g/mol. The van der Waals surface area contributed by atoms with Crippen LogP contribution in [0.1, 0.15) is 33.4 Å². The van der Waals surface area contributed by atoms with Gasteiger partial charge in [-0.2, -0.15) is 37.6 Å². The van der Waals surface area contributed by atoms with E-state index in [4.69, 9.17) is 0 Å². The molecule has 2 heterocycles. The van der Waals surface area contributed by atoms with Gasteiger partial charge in [-0.25, -0.2) is 18.4 Å². The minimum absolute atomic E-state index is 0.0451. The van der Waals surface area contributed by atoms with Crippen molar-refractivity contribution in [3.05, 3.63) is 130 Å². The van der Waals surface area contributed by atoms with Gasteiger partial charge in [0.05, 0.1) is 55.3 Å². The monoisotopic (exact) mass is 1020 g/mol. The van der Waals surface area contributed by atoms with E-state index in [1.165, 1.54) is 72.8 Å². The third-order valence-electron chi connectivity index (χ3n) is 10.5. The second kappa shape index (κ2) is 23.2. The summed E-state index contributed by atoms with van der Waals surface area (Å²) in [4.78, 5) is 8.51. The normalized spacial score (nSPS) is 11.9. The van der Waals surface area contributed by atoms with Crippen molar-refractivity contribution in [3.63, 3.8) is 0 Å². The highest BCUT2D eigenvalue weighted by atomic mass is 32.2. The molecule has 71 heavy (non-hydrogen) atoms. The molecule has 25 heteroatoms. The van der Waals surface area contributed by atoms with Crippen molar-refractivity contribution in [2.75, 3.05) is 60.7 Å². The van der Waals surface area contributed by atoms with Crippen LogP contribution in [0.3, 0.4) is 0 Å². The Kier molecular flexibility index (Phi) is 17.2. The number of benzene rings is 4. The van der Waals surface area contributed by atoms with Gasteiger partial charge in [0.1, 0.15) is 35.1 Å². The molecule has 6 aromatic rings. The molecule has 0 aliphatic rings. The molecule has 0 saturated heterocycles. The van der Waals surface area contributed by atoms with Gasteiger partial charge in [-0.3, -0.25) is 9.11 Å². The van der Waals surface area contributed by atoms with Crippen LogP contribution in [-0.4, -0.2) is 93.9 Å². The maximum atomic E-state index is 13.7. The van der Waals surface area contributed by atoms with E-state index in [9.17, 15) is 55.1 Å². The predicted molar refractivity (Wildman–Crippen MR) is 262 cm³/mol. The van der Waals surface area contributed by atoms with E-state index in [1.807, 2.05) is 0 Å². The predicted octanol–water partition coefficient (Wildman–Crippen LogP) is 7.11. The molecule has 0 radical (unpaired) electrons. The highest BCUT2D eigenvalue weighted by Crippen LogP contribution is 2.37. The number of rotatable bonds is 22. The first-order valence-corrected chi connectivity index (χ1v) is 25.7. The molecular formula is C46H46N12O10S3. The number of anilines is 4. The lowest BCUT2D eigenvalue weighted by Crippen LogP contribution is -2.13. The number of pyridine rings is 2. The smallest absolute Gasteiger partial charge is 0.294 e. The lowest BCUT2D eigenvalue weighted by molar-refractivity contribution is 0.310. The van der Waals surface area contributed by atoms with E-state index >= 15 is 0 Å². The Hall–Kier alpha value is -7.75. The Morgan fingerprint density at radius 3 is 1.14 bits per heavy atom. The molecule has 4 aromatic carbocycles. The molecule has 0 bridgehead atoms. The first-order chi connectivity index (χ1) is 33.9. The van der Waals surface area contributed by atoms with Crippen LogP contribution in [0.15, 0.2) is 137 Å². The first-order valence-electron chi connectivity index (χ1n) is 21.4. The summed E-state index contributed by atoms with van der Waals surface area (Å²) in [6.07, 6.45) is 0.819. The minimum atomic E-state index is -4.35. The highest BCUT2D eigenvalue weighted by Gasteiger charge is 2.21. The average Bonchev–Trinajstić information content (AvgIpc) is 3.34. The Labute approximate surface area is 409 Å². The van der Waals surface area contributed by atoms with Gasteiger partial charge in [-0.15, -0.1) is 10.2 Å². The Bertz CT molecular complexity index is 3380. The summed E-state index contributed by atoms with van der Waals surface area (Å²) in [7, 11) is -12.7. The fourth-order valence-electron chi connectivity index (χ4n) is 6.80. The largest absolute Gasteiger partial charge is 0.395 e. The number of hydrogen-bond donors (Lipinski definition) is 8. The Balaban J connectivity index is 1.17.